The Morgan fingerprint density at radius 3 is 0.984 bits per heavy atom. The van der Waals surface area contributed by atoms with Crippen molar-refractivity contribution >= 4 is 100 Å². The van der Waals surface area contributed by atoms with E-state index in [1.54, 1.807) is 22.7 Å². The molecule has 0 aliphatic heterocycles. The van der Waals surface area contributed by atoms with Gasteiger partial charge >= 0.3 is 0 Å². The van der Waals surface area contributed by atoms with E-state index in [0.717, 1.165) is 128 Å². The van der Waals surface area contributed by atoms with Crippen molar-refractivity contribution in [3.05, 3.63) is 87.3 Å². The lowest BCUT2D eigenvalue weighted by atomic mass is 9.91. The first-order valence-electron chi connectivity index (χ1n) is 23.0. The number of rotatable bonds is 24. The number of benzene rings is 4. The van der Waals surface area contributed by atoms with Crippen molar-refractivity contribution in [3.8, 4) is 46.7 Å². The van der Waals surface area contributed by atoms with E-state index in [2.05, 4.69) is 157 Å². The van der Waals surface area contributed by atoms with Crippen LogP contribution in [0.1, 0.15) is 151 Å². The van der Waals surface area contributed by atoms with Crippen LogP contribution in [0.2, 0.25) is 0 Å². The maximum absolute atomic E-state index is 6.69. The van der Waals surface area contributed by atoms with E-state index < -0.39 is 0 Å². The molecule has 0 unspecified atom stereocenters. The molecule has 0 saturated carbocycles. The molecule has 0 saturated heterocycles. The summed E-state index contributed by atoms with van der Waals surface area (Å²) in [5.41, 5.74) is 1.77. The van der Waals surface area contributed by atoms with Gasteiger partial charge in [0.1, 0.15) is 11.5 Å². The fraction of sp³-hybridized carbons (Fsp3) is 0.444. The molecule has 0 amide bonds. The van der Waals surface area contributed by atoms with Gasteiger partial charge in [0.15, 0.2) is 11.5 Å². The Bertz CT molecular complexity index is 2320. The minimum absolute atomic E-state index is 0.644. The predicted molar refractivity (Wildman–Crippen MR) is 284 cm³/mol. The van der Waals surface area contributed by atoms with Crippen LogP contribution in [0, 0.1) is 29.4 Å². The van der Waals surface area contributed by atoms with Crippen molar-refractivity contribution < 1.29 is 18.9 Å². The third-order valence-electron chi connectivity index (χ3n) is 11.0. The molecule has 2 aromatic heterocycles. The molecule has 0 aliphatic carbocycles. The molecule has 8 heteroatoms. The van der Waals surface area contributed by atoms with E-state index in [4.69, 9.17) is 18.9 Å². The van der Waals surface area contributed by atoms with Crippen LogP contribution in [0.5, 0.6) is 23.0 Å². The minimum atomic E-state index is 0.644. The van der Waals surface area contributed by atoms with E-state index >= 15 is 0 Å². The van der Waals surface area contributed by atoms with Crippen LogP contribution in [-0.4, -0.2) is 26.4 Å². The van der Waals surface area contributed by atoms with Gasteiger partial charge in [0.25, 0.3) is 0 Å². The quantitative estimate of drug-likeness (QED) is 0.0262. The van der Waals surface area contributed by atoms with Crippen molar-refractivity contribution in [2.24, 2.45) is 0 Å². The van der Waals surface area contributed by atoms with Crippen LogP contribution < -0.4 is 18.9 Å². The van der Waals surface area contributed by atoms with Gasteiger partial charge in [0, 0.05) is 0 Å². The molecule has 0 spiro atoms. The average Bonchev–Trinajstić information content (AvgIpc) is 3.91. The van der Waals surface area contributed by atoms with Gasteiger partial charge in [0.2, 0.25) is 0 Å². The zero-order valence-electron chi connectivity index (χ0n) is 37.1. The predicted octanol–water partition coefficient (Wildman–Crippen LogP) is 17.1. The number of unbranched alkanes of at least 4 members (excludes halogenated alkanes) is 12. The molecule has 0 atom stereocenters. The van der Waals surface area contributed by atoms with Gasteiger partial charge in [-0.3, -0.25) is 0 Å². The van der Waals surface area contributed by atoms with E-state index in [1.165, 1.54) is 57.1 Å². The third-order valence-corrected chi connectivity index (χ3v) is 14.6. The smallest absolute Gasteiger partial charge is 0.161 e. The Kier molecular flexibility index (Phi) is 20.2. The summed E-state index contributed by atoms with van der Waals surface area (Å²) < 4.78 is 29.1. The second kappa shape index (κ2) is 26.0. The van der Waals surface area contributed by atoms with E-state index in [-0.39, 0.29) is 0 Å². The second-order valence-corrected chi connectivity index (χ2v) is 21.9. The van der Waals surface area contributed by atoms with E-state index in [9.17, 15) is 0 Å². The first-order chi connectivity index (χ1) is 30.4. The van der Waals surface area contributed by atoms with Crippen LogP contribution in [0.15, 0.2) is 60.7 Å². The summed E-state index contributed by atoms with van der Waals surface area (Å²) in [6, 6.07) is 21.8. The summed E-state index contributed by atoms with van der Waals surface area (Å²) in [6.07, 6.45) is 18.2. The summed E-state index contributed by atoms with van der Waals surface area (Å²) >= 11 is 8.15. The Balaban J connectivity index is 1.60. The van der Waals surface area contributed by atoms with Crippen molar-refractivity contribution in [1.29, 1.82) is 0 Å². The molecule has 6 aromatic rings. The van der Waals surface area contributed by atoms with Gasteiger partial charge in [-0.05, 0) is 164 Å². The van der Waals surface area contributed by atoms with Gasteiger partial charge < -0.3 is 18.9 Å². The Morgan fingerprint density at radius 2 is 0.677 bits per heavy atom. The number of thiophene rings is 2. The topological polar surface area (TPSA) is 36.9 Å². The van der Waals surface area contributed by atoms with Crippen LogP contribution in [-0.2, 0) is 0 Å². The Labute approximate surface area is 406 Å². The summed E-state index contributed by atoms with van der Waals surface area (Å²) in [7, 11) is 0. The highest BCUT2D eigenvalue weighted by Gasteiger charge is 2.19. The van der Waals surface area contributed by atoms with Gasteiger partial charge in [-0.1, -0.05) is 128 Å². The van der Waals surface area contributed by atoms with Crippen molar-refractivity contribution in [2.45, 2.75) is 130 Å². The van der Waals surface area contributed by atoms with Crippen molar-refractivity contribution in [2.75, 3.05) is 26.4 Å². The maximum atomic E-state index is 6.69. The number of halogens is 2. The largest absolute Gasteiger partial charge is 0.492 e. The van der Waals surface area contributed by atoms with Gasteiger partial charge in [-0.25, -0.2) is 0 Å². The molecule has 0 bridgehead atoms. The number of fused-ring (bicyclic) bond motifs is 6. The standard InChI is InChI=1S/C54H62I2O4S2/c1-5-9-13-17-29-57-49-35-45-43(33-39(49)21-23-41-25-27-53(55)61-41)44-34-40(22-24-42-26-28-54(56)62-42)50(58-30-18-14-10-6-2)36-46(44)48-38-52(60-32-20-16-12-8-4)51(37-47(45)48)59-31-19-15-11-7-3/h25-28,33-38H,5-20,29-32H2,1-4H3. The lowest BCUT2D eigenvalue weighted by molar-refractivity contribution is 0.259. The summed E-state index contributed by atoms with van der Waals surface area (Å²) in [6.45, 7) is 11.6. The number of ether oxygens (including phenoxy) is 4. The molecule has 0 aliphatic rings. The molecular formula is C54H62I2O4S2. The van der Waals surface area contributed by atoms with Gasteiger partial charge in [-0.2, -0.15) is 0 Å². The van der Waals surface area contributed by atoms with Crippen molar-refractivity contribution in [3.63, 3.8) is 0 Å². The Morgan fingerprint density at radius 1 is 0.371 bits per heavy atom. The lowest BCUT2D eigenvalue weighted by Gasteiger charge is -2.19. The molecule has 328 valence electrons. The maximum Gasteiger partial charge on any atom is 0.161 e. The third kappa shape index (κ3) is 13.9. The van der Waals surface area contributed by atoms with Gasteiger partial charge in [-0.15, -0.1) is 22.7 Å². The highest BCUT2D eigenvalue weighted by atomic mass is 127. The van der Waals surface area contributed by atoms with E-state index in [1.807, 2.05) is 0 Å². The molecule has 4 nitrogen and oxygen atoms in total. The molecule has 0 N–H and O–H groups in total. The highest BCUT2D eigenvalue weighted by molar-refractivity contribution is 14.1. The SMILES string of the molecule is CCCCCCOc1cc2c(cc1C#Cc1ccc(I)s1)c1cc(C#Cc3ccc(I)s3)c(OCCCCCC)cc1c1cc(OCCCCCC)c(OCCCCCC)cc21. The molecule has 6 rings (SSSR count). The van der Waals surface area contributed by atoms with Crippen molar-refractivity contribution in [1.82, 2.24) is 0 Å². The first-order valence-corrected chi connectivity index (χ1v) is 26.8. The molecular weight excluding hydrogens is 1030 g/mol. The summed E-state index contributed by atoms with van der Waals surface area (Å²) in [5, 5.41) is 6.58. The minimum Gasteiger partial charge on any atom is -0.492 e. The zero-order valence-corrected chi connectivity index (χ0v) is 43.1. The summed E-state index contributed by atoms with van der Waals surface area (Å²) in [5.74, 6) is 17.3. The average molecular weight is 1090 g/mol. The fourth-order valence-electron chi connectivity index (χ4n) is 7.58. The summed E-state index contributed by atoms with van der Waals surface area (Å²) in [4.78, 5) is 2.08. The number of hydrogen-bond donors (Lipinski definition) is 0. The van der Waals surface area contributed by atoms with Crippen LogP contribution >= 0.6 is 67.9 Å². The van der Waals surface area contributed by atoms with E-state index in [0.29, 0.717) is 26.4 Å². The Hall–Kier alpha value is -3.16. The molecule has 2 heterocycles. The molecule has 0 fully saturated rings. The molecule has 0 radical (unpaired) electrons. The lowest BCUT2D eigenvalue weighted by Crippen LogP contribution is -2.04. The van der Waals surface area contributed by atoms with Crippen LogP contribution in [0.4, 0.5) is 0 Å². The van der Waals surface area contributed by atoms with Crippen LogP contribution in [0.25, 0.3) is 32.3 Å². The highest BCUT2D eigenvalue weighted by Crippen LogP contribution is 2.45. The molecule has 4 aromatic carbocycles. The molecule has 62 heavy (non-hydrogen) atoms. The van der Waals surface area contributed by atoms with Gasteiger partial charge in [0.05, 0.1) is 53.1 Å². The fourth-order valence-corrected chi connectivity index (χ4v) is 10.5. The number of hydrogen-bond acceptors (Lipinski definition) is 6. The zero-order chi connectivity index (χ0) is 43.5. The second-order valence-electron chi connectivity index (χ2n) is 16.0. The first kappa shape index (κ1) is 48.3. The van der Waals surface area contributed by atoms with Crippen LogP contribution in [0.3, 0.4) is 0 Å². The monoisotopic (exact) mass is 1090 g/mol. The normalized spacial score (nSPS) is 11.1.